The van der Waals surface area contributed by atoms with E-state index in [-0.39, 0.29) is 0 Å². The van der Waals surface area contributed by atoms with Crippen LogP contribution in [0.3, 0.4) is 0 Å². The minimum Gasteiger partial charge on any atom is -0.330 e. The Balaban J connectivity index is 2.67. The van der Waals surface area contributed by atoms with Crippen LogP contribution < -0.4 is 0 Å². The third kappa shape index (κ3) is 1.58. The second-order valence-electron chi connectivity index (χ2n) is 3.52. The van der Waals surface area contributed by atoms with E-state index in [2.05, 4.69) is 11.1 Å². The number of aromatic nitrogens is 2. The summed E-state index contributed by atoms with van der Waals surface area (Å²) in [5, 5.41) is 9.55. The molecule has 4 heteroatoms. The van der Waals surface area contributed by atoms with Crippen LogP contribution >= 0.6 is 11.6 Å². The fourth-order valence-electron chi connectivity index (χ4n) is 1.57. The fourth-order valence-corrected chi connectivity index (χ4v) is 1.79. The molecule has 0 unspecified atom stereocenters. The largest absolute Gasteiger partial charge is 0.330 e. The number of hydrogen-bond donors (Lipinski definition) is 0. The molecular weight excluding hydrogens is 222 g/mol. The number of halogens is 1. The molecular formula is C12H10ClN3. The van der Waals surface area contributed by atoms with Crippen LogP contribution in [0.1, 0.15) is 11.4 Å². The molecule has 0 N–H and O–H groups in total. The van der Waals surface area contributed by atoms with E-state index < -0.39 is 0 Å². The van der Waals surface area contributed by atoms with E-state index >= 15 is 0 Å². The molecule has 0 bridgehead atoms. The molecule has 0 amide bonds. The standard InChI is InChI=1S/C12H10ClN3/c1-8-11(7-14)15-12(16(8)2)9-5-3-4-6-10(9)13/h3-6H,1-2H3. The van der Waals surface area contributed by atoms with E-state index in [4.69, 9.17) is 16.9 Å². The summed E-state index contributed by atoms with van der Waals surface area (Å²) in [4.78, 5) is 4.28. The second kappa shape index (κ2) is 3.99. The molecule has 1 aromatic carbocycles. The molecule has 0 aliphatic carbocycles. The molecule has 16 heavy (non-hydrogen) atoms. The van der Waals surface area contributed by atoms with Gasteiger partial charge in [0.2, 0.25) is 0 Å². The van der Waals surface area contributed by atoms with E-state index in [1.807, 2.05) is 42.8 Å². The molecule has 1 aromatic heterocycles. The summed E-state index contributed by atoms with van der Waals surface area (Å²) < 4.78 is 1.87. The van der Waals surface area contributed by atoms with Crippen molar-refractivity contribution in [1.82, 2.24) is 9.55 Å². The van der Waals surface area contributed by atoms with Crippen LogP contribution in [0.25, 0.3) is 11.4 Å². The molecule has 0 aliphatic rings. The maximum Gasteiger partial charge on any atom is 0.162 e. The van der Waals surface area contributed by atoms with Crippen molar-refractivity contribution < 1.29 is 0 Å². The van der Waals surface area contributed by atoms with Crippen LogP contribution in [-0.2, 0) is 7.05 Å². The summed E-state index contributed by atoms with van der Waals surface area (Å²) >= 11 is 6.10. The molecule has 0 atom stereocenters. The third-order valence-corrected chi connectivity index (χ3v) is 2.93. The van der Waals surface area contributed by atoms with Crippen molar-refractivity contribution in [3.8, 4) is 17.5 Å². The Morgan fingerprint density at radius 3 is 2.62 bits per heavy atom. The first-order chi connectivity index (χ1) is 7.65. The minimum atomic E-state index is 0.442. The zero-order chi connectivity index (χ0) is 11.7. The Morgan fingerprint density at radius 2 is 2.06 bits per heavy atom. The summed E-state index contributed by atoms with van der Waals surface area (Å²) in [5.41, 5.74) is 2.13. The molecule has 0 saturated heterocycles. The van der Waals surface area contributed by atoms with Crippen LogP contribution in [-0.4, -0.2) is 9.55 Å². The summed E-state index contributed by atoms with van der Waals surface area (Å²) in [6.45, 7) is 1.87. The molecule has 0 radical (unpaired) electrons. The monoisotopic (exact) mass is 231 g/mol. The van der Waals surface area contributed by atoms with Gasteiger partial charge in [0, 0.05) is 12.6 Å². The van der Waals surface area contributed by atoms with Crippen LogP contribution in [0.15, 0.2) is 24.3 Å². The van der Waals surface area contributed by atoms with Crippen molar-refractivity contribution in [3.05, 3.63) is 40.7 Å². The number of rotatable bonds is 1. The maximum atomic E-state index is 8.91. The number of benzene rings is 1. The molecule has 80 valence electrons. The van der Waals surface area contributed by atoms with Gasteiger partial charge in [-0.25, -0.2) is 4.98 Å². The van der Waals surface area contributed by atoms with Gasteiger partial charge in [-0.05, 0) is 19.1 Å². The van der Waals surface area contributed by atoms with Gasteiger partial charge in [0.05, 0.1) is 10.7 Å². The summed E-state index contributed by atoms with van der Waals surface area (Å²) in [7, 11) is 1.88. The lowest BCUT2D eigenvalue weighted by Gasteiger charge is -2.04. The van der Waals surface area contributed by atoms with Crippen molar-refractivity contribution >= 4 is 11.6 Å². The Morgan fingerprint density at radius 1 is 1.38 bits per heavy atom. The van der Waals surface area contributed by atoms with Gasteiger partial charge in [0.1, 0.15) is 11.9 Å². The summed E-state index contributed by atoms with van der Waals surface area (Å²) in [6.07, 6.45) is 0. The first-order valence-corrected chi connectivity index (χ1v) is 5.21. The van der Waals surface area contributed by atoms with E-state index in [9.17, 15) is 0 Å². The van der Waals surface area contributed by atoms with Gasteiger partial charge in [0.25, 0.3) is 0 Å². The minimum absolute atomic E-state index is 0.442. The van der Waals surface area contributed by atoms with Gasteiger partial charge in [-0.15, -0.1) is 0 Å². The van der Waals surface area contributed by atoms with Gasteiger partial charge < -0.3 is 4.57 Å². The van der Waals surface area contributed by atoms with Crippen molar-refractivity contribution in [3.63, 3.8) is 0 Å². The van der Waals surface area contributed by atoms with E-state index in [1.54, 1.807) is 0 Å². The average Bonchev–Trinajstić information content (AvgIpc) is 2.57. The van der Waals surface area contributed by atoms with Gasteiger partial charge >= 0.3 is 0 Å². The normalized spacial score (nSPS) is 10.1. The number of nitrogens with zero attached hydrogens (tertiary/aromatic N) is 3. The Bertz CT molecular complexity index is 578. The molecule has 3 nitrogen and oxygen atoms in total. The van der Waals surface area contributed by atoms with Gasteiger partial charge in [0.15, 0.2) is 5.69 Å². The molecule has 2 rings (SSSR count). The van der Waals surface area contributed by atoms with E-state index in [1.165, 1.54) is 0 Å². The highest BCUT2D eigenvalue weighted by molar-refractivity contribution is 6.33. The molecule has 0 saturated carbocycles. The lowest BCUT2D eigenvalue weighted by molar-refractivity contribution is 0.883. The van der Waals surface area contributed by atoms with Gasteiger partial charge in [-0.3, -0.25) is 0 Å². The van der Waals surface area contributed by atoms with Crippen LogP contribution in [0.5, 0.6) is 0 Å². The first-order valence-electron chi connectivity index (χ1n) is 4.83. The van der Waals surface area contributed by atoms with Crippen molar-refractivity contribution in [2.75, 3.05) is 0 Å². The summed E-state index contributed by atoms with van der Waals surface area (Å²) in [5.74, 6) is 0.722. The molecule has 0 aliphatic heterocycles. The van der Waals surface area contributed by atoms with Crippen LogP contribution in [0.2, 0.25) is 5.02 Å². The van der Waals surface area contributed by atoms with E-state index in [0.717, 1.165) is 17.1 Å². The average molecular weight is 232 g/mol. The van der Waals surface area contributed by atoms with Gasteiger partial charge in [-0.2, -0.15) is 5.26 Å². The van der Waals surface area contributed by atoms with E-state index in [0.29, 0.717) is 10.7 Å². The number of imidazole rings is 1. The second-order valence-corrected chi connectivity index (χ2v) is 3.93. The van der Waals surface area contributed by atoms with Crippen molar-refractivity contribution in [2.45, 2.75) is 6.92 Å². The predicted octanol–water partition coefficient (Wildman–Crippen LogP) is 2.92. The fraction of sp³-hybridized carbons (Fsp3) is 0.167. The Labute approximate surface area is 98.9 Å². The molecule has 0 spiro atoms. The van der Waals surface area contributed by atoms with Crippen molar-refractivity contribution in [2.24, 2.45) is 7.05 Å². The first kappa shape index (κ1) is 10.7. The SMILES string of the molecule is Cc1c(C#N)nc(-c2ccccc2Cl)n1C. The quantitative estimate of drug-likeness (QED) is 0.757. The highest BCUT2D eigenvalue weighted by atomic mass is 35.5. The Hall–Kier alpha value is -1.79. The van der Waals surface area contributed by atoms with Crippen molar-refractivity contribution in [1.29, 1.82) is 5.26 Å². The Kier molecular flexibility index (Phi) is 2.67. The summed E-state index contributed by atoms with van der Waals surface area (Å²) in [6, 6.07) is 9.55. The number of nitriles is 1. The molecule has 1 heterocycles. The lowest BCUT2D eigenvalue weighted by Crippen LogP contribution is -1.95. The highest BCUT2D eigenvalue weighted by Gasteiger charge is 2.13. The smallest absolute Gasteiger partial charge is 0.162 e. The topological polar surface area (TPSA) is 41.6 Å². The zero-order valence-electron chi connectivity index (χ0n) is 9.03. The molecule has 0 fully saturated rings. The van der Waals surface area contributed by atoms with Crippen LogP contribution in [0.4, 0.5) is 0 Å². The highest BCUT2D eigenvalue weighted by Crippen LogP contribution is 2.27. The van der Waals surface area contributed by atoms with Gasteiger partial charge in [-0.1, -0.05) is 23.7 Å². The third-order valence-electron chi connectivity index (χ3n) is 2.60. The lowest BCUT2D eigenvalue weighted by atomic mass is 10.2. The number of hydrogen-bond acceptors (Lipinski definition) is 2. The van der Waals surface area contributed by atoms with Crippen LogP contribution in [0, 0.1) is 18.3 Å². The predicted molar refractivity (Wildman–Crippen MR) is 63.1 cm³/mol. The molecule has 2 aromatic rings. The zero-order valence-corrected chi connectivity index (χ0v) is 9.78. The maximum absolute atomic E-state index is 8.91.